The zero-order chi connectivity index (χ0) is 13.0. The van der Waals surface area contributed by atoms with Gasteiger partial charge in [-0.15, -0.1) is 11.6 Å². The van der Waals surface area contributed by atoms with E-state index in [1.165, 1.54) is 0 Å². The number of ether oxygens (including phenoxy) is 1. The molecule has 2 aliphatic heterocycles. The summed E-state index contributed by atoms with van der Waals surface area (Å²) in [6.45, 7) is 7.32. The first-order chi connectivity index (χ1) is 8.76. The fourth-order valence-electron chi connectivity index (χ4n) is 2.88. The van der Waals surface area contributed by atoms with Crippen molar-refractivity contribution >= 4 is 17.5 Å². The number of carbonyl (C=O) groups is 1. The highest BCUT2D eigenvalue weighted by Gasteiger charge is 2.36. The molecule has 0 saturated carbocycles. The van der Waals surface area contributed by atoms with E-state index in [0.29, 0.717) is 11.8 Å². The minimum Gasteiger partial charge on any atom is -0.377 e. The van der Waals surface area contributed by atoms with Crippen LogP contribution in [-0.2, 0) is 9.53 Å². The summed E-state index contributed by atoms with van der Waals surface area (Å²) in [6.07, 6.45) is 1.96. The van der Waals surface area contributed by atoms with Gasteiger partial charge in [-0.3, -0.25) is 9.69 Å². The van der Waals surface area contributed by atoms with Crippen molar-refractivity contribution in [2.45, 2.75) is 25.9 Å². The quantitative estimate of drug-likeness (QED) is 0.722. The fraction of sp³-hybridized carbons (Fsp3) is 0.923. The van der Waals surface area contributed by atoms with Crippen LogP contribution in [0.15, 0.2) is 0 Å². The highest BCUT2D eigenvalue weighted by molar-refractivity contribution is 6.18. The van der Waals surface area contributed by atoms with Crippen molar-refractivity contribution in [1.82, 2.24) is 9.80 Å². The van der Waals surface area contributed by atoms with Gasteiger partial charge < -0.3 is 9.64 Å². The molecule has 4 nitrogen and oxygen atoms in total. The minimum atomic E-state index is 0.0922. The molecule has 0 aromatic rings. The Balaban J connectivity index is 1.83. The van der Waals surface area contributed by atoms with Gasteiger partial charge in [0.25, 0.3) is 0 Å². The summed E-state index contributed by atoms with van der Waals surface area (Å²) < 4.78 is 5.61. The standard InChI is InChI=1S/C13H23ClN2O2/c1-2-12-11(3-10-18-12)13(17)16-8-6-15(5-4-14)7-9-16/h11-12H,2-10H2,1H3. The molecule has 104 valence electrons. The third-order valence-corrected chi connectivity index (χ3v) is 4.18. The van der Waals surface area contributed by atoms with Gasteiger partial charge in [-0.1, -0.05) is 6.92 Å². The zero-order valence-electron chi connectivity index (χ0n) is 11.1. The van der Waals surface area contributed by atoms with Crippen molar-refractivity contribution in [2.24, 2.45) is 5.92 Å². The van der Waals surface area contributed by atoms with Crippen LogP contribution in [0.4, 0.5) is 0 Å². The second-order valence-electron chi connectivity index (χ2n) is 5.07. The number of nitrogens with zero attached hydrogens (tertiary/aromatic N) is 2. The van der Waals surface area contributed by atoms with Crippen LogP contribution in [0, 0.1) is 5.92 Å². The van der Waals surface area contributed by atoms with Gasteiger partial charge in [0.2, 0.25) is 5.91 Å². The Bertz CT molecular complexity index is 280. The van der Waals surface area contributed by atoms with Crippen LogP contribution in [0.1, 0.15) is 19.8 Å². The molecule has 0 spiro atoms. The molecule has 0 aliphatic carbocycles. The molecule has 2 atom stereocenters. The second kappa shape index (κ2) is 6.73. The van der Waals surface area contributed by atoms with E-state index in [1.807, 2.05) is 4.90 Å². The molecule has 0 aromatic carbocycles. The Morgan fingerprint density at radius 2 is 2.06 bits per heavy atom. The molecule has 2 saturated heterocycles. The summed E-state index contributed by atoms with van der Waals surface area (Å²) in [7, 11) is 0. The number of piperazine rings is 1. The van der Waals surface area contributed by atoms with Crippen LogP contribution in [0.25, 0.3) is 0 Å². The molecule has 2 heterocycles. The van der Waals surface area contributed by atoms with Crippen LogP contribution >= 0.6 is 11.6 Å². The van der Waals surface area contributed by atoms with Crippen molar-refractivity contribution in [3.8, 4) is 0 Å². The van der Waals surface area contributed by atoms with E-state index in [2.05, 4.69) is 11.8 Å². The van der Waals surface area contributed by atoms with E-state index >= 15 is 0 Å². The highest BCUT2D eigenvalue weighted by atomic mass is 35.5. The van der Waals surface area contributed by atoms with Gasteiger partial charge in [0.15, 0.2) is 0 Å². The number of halogens is 1. The predicted molar refractivity (Wildman–Crippen MR) is 71.9 cm³/mol. The van der Waals surface area contributed by atoms with Crippen molar-refractivity contribution in [3.63, 3.8) is 0 Å². The summed E-state index contributed by atoms with van der Waals surface area (Å²) in [4.78, 5) is 16.8. The van der Waals surface area contributed by atoms with Gasteiger partial charge in [0.1, 0.15) is 0 Å². The fourth-order valence-corrected chi connectivity index (χ4v) is 3.12. The number of hydrogen-bond donors (Lipinski definition) is 0. The molecule has 0 radical (unpaired) electrons. The Kier molecular flexibility index (Phi) is 5.27. The van der Waals surface area contributed by atoms with Gasteiger partial charge in [-0.2, -0.15) is 0 Å². The zero-order valence-corrected chi connectivity index (χ0v) is 11.9. The molecular formula is C13H23ClN2O2. The van der Waals surface area contributed by atoms with Crippen LogP contribution in [0.2, 0.25) is 0 Å². The maximum absolute atomic E-state index is 12.4. The average Bonchev–Trinajstić information content (AvgIpc) is 2.87. The van der Waals surface area contributed by atoms with Crippen LogP contribution in [-0.4, -0.2) is 67.0 Å². The van der Waals surface area contributed by atoms with E-state index in [4.69, 9.17) is 16.3 Å². The number of amides is 1. The molecule has 0 bridgehead atoms. The number of alkyl halides is 1. The minimum absolute atomic E-state index is 0.0922. The van der Waals surface area contributed by atoms with Crippen molar-refractivity contribution < 1.29 is 9.53 Å². The third kappa shape index (κ3) is 3.16. The lowest BCUT2D eigenvalue weighted by atomic mass is 9.97. The molecule has 2 fully saturated rings. The largest absolute Gasteiger partial charge is 0.377 e. The topological polar surface area (TPSA) is 32.8 Å². The Labute approximate surface area is 114 Å². The average molecular weight is 275 g/mol. The van der Waals surface area contributed by atoms with Gasteiger partial charge in [0, 0.05) is 45.2 Å². The smallest absolute Gasteiger partial charge is 0.228 e. The number of hydrogen-bond acceptors (Lipinski definition) is 3. The second-order valence-corrected chi connectivity index (χ2v) is 5.45. The highest BCUT2D eigenvalue weighted by Crippen LogP contribution is 2.25. The molecule has 2 unspecified atom stereocenters. The number of rotatable bonds is 4. The first kappa shape index (κ1) is 14.1. The monoisotopic (exact) mass is 274 g/mol. The maximum Gasteiger partial charge on any atom is 0.228 e. The van der Waals surface area contributed by atoms with Crippen molar-refractivity contribution in [3.05, 3.63) is 0 Å². The van der Waals surface area contributed by atoms with Crippen LogP contribution in [0.5, 0.6) is 0 Å². The SMILES string of the molecule is CCC1OCCC1C(=O)N1CCN(CCCl)CC1. The maximum atomic E-state index is 12.4. The third-order valence-electron chi connectivity index (χ3n) is 4.01. The lowest BCUT2D eigenvalue weighted by molar-refractivity contribution is -0.139. The van der Waals surface area contributed by atoms with Gasteiger partial charge in [-0.05, 0) is 12.8 Å². The predicted octanol–water partition coefficient (Wildman–Crippen LogP) is 1.18. The molecule has 18 heavy (non-hydrogen) atoms. The van der Waals surface area contributed by atoms with Crippen LogP contribution < -0.4 is 0 Å². The Morgan fingerprint density at radius 3 is 2.67 bits per heavy atom. The molecule has 5 heteroatoms. The molecule has 2 rings (SSSR count). The van der Waals surface area contributed by atoms with Crippen molar-refractivity contribution in [2.75, 3.05) is 45.2 Å². The Morgan fingerprint density at radius 1 is 1.33 bits per heavy atom. The van der Waals surface area contributed by atoms with E-state index in [-0.39, 0.29) is 12.0 Å². The molecule has 0 aromatic heterocycles. The van der Waals surface area contributed by atoms with Gasteiger partial charge in [-0.25, -0.2) is 0 Å². The normalized spacial score (nSPS) is 29.8. The molecule has 0 N–H and O–H groups in total. The van der Waals surface area contributed by atoms with E-state index in [1.54, 1.807) is 0 Å². The van der Waals surface area contributed by atoms with E-state index < -0.39 is 0 Å². The Hall–Kier alpha value is -0.320. The summed E-state index contributed by atoms with van der Waals surface area (Å²) in [5.41, 5.74) is 0. The van der Waals surface area contributed by atoms with E-state index in [0.717, 1.165) is 52.2 Å². The summed E-state index contributed by atoms with van der Waals surface area (Å²) in [6, 6.07) is 0. The lowest BCUT2D eigenvalue weighted by Gasteiger charge is -2.36. The molecular weight excluding hydrogens is 252 g/mol. The first-order valence-electron chi connectivity index (χ1n) is 6.95. The summed E-state index contributed by atoms with van der Waals surface area (Å²) in [5.74, 6) is 1.06. The summed E-state index contributed by atoms with van der Waals surface area (Å²) >= 11 is 5.74. The summed E-state index contributed by atoms with van der Waals surface area (Å²) in [5, 5.41) is 0. The molecule has 1 amide bonds. The van der Waals surface area contributed by atoms with Gasteiger partial charge >= 0.3 is 0 Å². The van der Waals surface area contributed by atoms with Crippen LogP contribution in [0.3, 0.4) is 0 Å². The molecule has 2 aliphatic rings. The number of carbonyl (C=O) groups excluding carboxylic acids is 1. The van der Waals surface area contributed by atoms with E-state index in [9.17, 15) is 4.79 Å². The van der Waals surface area contributed by atoms with Crippen molar-refractivity contribution in [1.29, 1.82) is 0 Å². The lowest BCUT2D eigenvalue weighted by Crippen LogP contribution is -2.51. The first-order valence-corrected chi connectivity index (χ1v) is 7.48. The van der Waals surface area contributed by atoms with Gasteiger partial charge in [0.05, 0.1) is 12.0 Å².